The van der Waals surface area contributed by atoms with Gasteiger partial charge in [-0.3, -0.25) is 4.84 Å². The van der Waals surface area contributed by atoms with Crippen molar-refractivity contribution in [2.24, 2.45) is 0 Å². The van der Waals surface area contributed by atoms with Crippen LogP contribution in [0.3, 0.4) is 0 Å². The SMILES string of the molecule is C#CCOc1nc(-c2ncccn2)nc(NS(=O)(=O)NOC)c1Oc1ccccc1OC. The third kappa shape index (κ3) is 5.58. The van der Waals surface area contributed by atoms with Crippen LogP contribution in [-0.2, 0) is 15.0 Å². The Bertz CT molecular complexity index is 1220. The molecule has 0 fully saturated rings. The molecule has 13 heteroatoms. The molecule has 2 heterocycles. The van der Waals surface area contributed by atoms with Gasteiger partial charge in [-0.25, -0.2) is 19.7 Å². The van der Waals surface area contributed by atoms with E-state index in [0.29, 0.717) is 5.75 Å². The molecule has 1 aromatic carbocycles. The summed E-state index contributed by atoms with van der Waals surface area (Å²) < 4.78 is 43.5. The summed E-state index contributed by atoms with van der Waals surface area (Å²) in [6.45, 7) is -0.184. The van der Waals surface area contributed by atoms with Crippen LogP contribution in [0.25, 0.3) is 11.6 Å². The normalized spacial score (nSPS) is 10.8. The molecule has 166 valence electrons. The van der Waals surface area contributed by atoms with Gasteiger partial charge >= 0.3 is 10.2 Å². The Balaban J connectivity index is 2.19. The van der Waals surface area contributed by atoms with E-state index in [-0.39, 0.29) is 41.5 Å². The number of hydrogen-bond acceptors (Lipinski definition) is 10. The Morgan fingerprint density at radius 1 is 1.03 bits per heavy atom. The fraction of sp³-hybridized carbons (Fsp3) is 0.158. The number of benzene rings is 1. The minimum absolute atomic E-state index is 0.0416. The molecule has 0 aliphatic rings. The van der Waals surface area contributed by atoms with Crippen LogP contribution in [0.5, 0.6) is 23.1 Å². The predicted molar refractivity (Wildman–Crippen MR) is 113 cm³/mol. The molecule has 0 spiro atoms. The third-order valence-corrected chi connectivity index (χ3v) is 4.45. The number of nitrogens with one attached hydrogen (secondary N) is 2. The van der Waals surface area contributed by atoms with E-state index in [0.717, 1.165) is 7.11 Å². The van der Waals surface area contributed by atoms with Gasteiger partial charge in [0.2, 0.25) is 11.6 Å². The van der Waals surface area contributed by atoms with Crippen molar-refractivity contribution in [1.29, 1.82) is 0 Å². The quantitative estimate of drug-likeness (QED) is 0.339. The number of anilines is 1. The molecule has 2 N–H and O–H groups in total. The van der Waals surface area contributed by atoms with Crippen molar-refractivity contribution < 1.29 is 27.5 Å². The second-order valence-corrected chi connectivity index (χ2v) is 7.12. The minimum atomic E-state index is -4.21. The van der Waals surface area contributed by atoms with Crippen LogP contribution in [0.1, 0.15) is 0 Å². The molecule has 0 radical (unpaired) electrons. The van der Waals surface area contributed by atoms with Crippen molar-refractivity contribution in [3.05, 3.63) is 42.7 Å². The zero-order valence-electron chi connectivity index (χ0n) is 17.0. The number of aromatic nitrogens is 4. The van der Waals surface area contributed by atoms with Gasteiger partial charge in [0.1, 0.15) is 0 Å². The van der Waals surface area contributed by atoms with Gasteiger partial charge in [0.05, 0.1) is 14.2 Å². The zero-order chi connectivity index (χ0) is 23.0. The lowest BCUT2D eigenvalue weighted by Gasteiger charge is -2.17. The van der Waals surface area contributed by atoms with Gasteiger partial charge in [-0.1, -0.05) is 22.9 Å². The van der Waals surface area contributed by atoms with Gasteiger partial charge in [0, 0.05) is 12.4 Å². The number of ether oxygens (including phenoxy) is 3. The highest BCUT2D eigenvalue weighted by molar-refractivity contribution is 7.90. The second-order valence-electron chi connectivity index (χ2n) is 5.74. The van der Waals surface area contributed by atoms with Crippen molar-refractivity contribution in [3.63, 3.8) is 0 Å². The van der Waals surface area contributed by atoms with E-state index in [9.17, 15) is 8.42 Å². The van der Waals surface area contributed by atoms with Crippen molar-refractivity contribution in [1.82, 2.24) is 24.8 Å². The van der Waals surface area contributed by atoms with Gasteiger partial charge in [0.25, 0.3) is 5.88 Å². The molecule has 3 aromatic rings. The van der Waals surface area contributed by atoms with Gasteiger partial charge in [0.15, 0.2) is 29.7 Å². The topological polar surface area (TPSA) is 147 Å². The van der Waals surface area contributed by atoms with Crippen molar-refractivity contribution in [2.45, 2.75) is 0 Å². The lowest BCUT2D eigenvalue weighted by atomic mass is 10.3. The first-order valence-electron chi connectivity index (χ1n) is 8.86. The average Bonchev–Trinajstić information content (AvgIpc) is 2.79. The van der Waals surface area contributed by atoms with Crippen molar-refractivity contribution in [2.75, 3.05) is 25.5 Å². The van der Waals surface area contributed by atoms with Crippen molar-refractivity contribution in [3.8, 4) is 47.1 Å². The monoisotopic (exact) mass is 458 g/mol. The molecule has 0 unspecified atom stereocenters. The summed E-state index contributed by atoms with van der Waals surface area (Å²) in [5, 5.41) is 0. The number of nitrogens with zero attached hydrogens (tertiary/aromatic N) is 4. The summed E-state index contributed by atoms with van der Waals surface area (Å²) in [4.78, 5) is 22.9. The fourth-order valence-electron chi connectivity index (χ4n) is 2.38. The fourth-order valence-corrected chi connectivity index (χ4v) is 3.04. The van der Waals surface area contributed by atoms with Gasteiger partial charge < -0.3 is 14.2 Å². The van der Waals surface area contributed by atoms with Crippen LogP contribution in [0, 0.1) is 12.3 Å². The number of terminal acetylenes is 1. The smallest absolute Gasteiger partial charge is 0.322 e. The summed E-state index contributed by atoms with van der Waals surface area (Å²) in [5.74, 6) is 2.38. The maximum atomic E-state index is 12.3. The highest BCUT2D eigenvalue weighted by atomic mass is 32.2. The van der Waals surface area contributed by atoms with E-state index in [2.05, 4.69) is 35.4 Å². The Kier molecular flexibility index (Phi) is 7.34. The highest BCUT2D eigenvalue weighted by Gasteiger charge is 2.24. The van der Waals surface area contributed by atoms with Crippen LogP contribution < -0.4 is 23.8 Å². The molecule has 0 bridgehead atoms. The van der Waals surface area contributed by atoms with Crippen LogP contribution in [0.4, 0.5) is 5.82 Å². The maximum Gasteiger partial charge on any atom is 0.322 e. The molecular weight excluding hydrogens is 440 g/mol. The summed E-state index contributed by atoms with van der Waals surface area (Å²) >= 11 is 0. The molecule has 0 saturated heterocycles. The molecule has 0 atom stereocenters. The standard InChI is InChI=1S/C19H18N6O6S/c1-4-12-30-19-15(31-14-9-6-5-8-13(14)28-2)16(24-32(26,27)25-29-3)22-18(23-19)17-20-10-7-11-21-17/h1,5-11,25H,12H2,2-3H3,(H,22,23,24). The Morgan fingerprint density at radius 2 is 1.75 bits per heavy atom. The van der Waals surface area contributed by atoms with Gasteiger partial charge in [-0.2, -0.15) is 13.4 Å². The summed E-state index contributed by atoms with van der Waals surface area (Å²) in [7, 11) is -1.62. The van der Waals surface area contributed by atoms with E-state index >= 15 is 0 Å². The Morgan fingerprint density at radius 3 is 2.41 bits per heavy atom. The first-order chi connectivity index (χ1) is 15.5. The predicted octanol–water partition coefficient (Wildman–Crippen LogP) is 1.55. The largest absolute Gasteiger partial charge is 0.493 e. The number of para-hydroxylation sites is 2. The van der Waals surface area contributed by atoms with Crippen LogP contribution in [0.2, 0.25) is 0 Å². The molecule has 2 aromatic heterocycles. The number of rotatable bonds is 10. The zero-order valence-corrected chi connectivity index (χ0v) is 17.8. The highest BCUT2D eigenvalue weighted by Crippen LogP contribution is 2.40. The van der Waals surface area contributed by atoms with Gasteiger partial charge in [-0.15, -0.1) is 6.42 Å². The minimum Gasteiger partial charge on any atom is -0.493 e. The maximum absolute atomic E-state index is 12.3. The molecule has 0 aliphatic carbocycles. The van der Waals surface area contributed by atoms with E-state index in [1.165, 1.54) is 19.5 Å². The van der Waals surface area contributed by atoms with Crippen LogP contribution >= 0.6 is 0 Å². The first kappa shape index (κ1) is 22.7. The Hall–Kier alpha value is -3.99. The number of hydrogen-bond donors (Lipinski definition) is 2. The van der Waals surface area contributed by atoms with Crippen LogP contribution in [0.15, 0.2) is 42.7 Å². The molecule has 3 rings (SSSR count). The summed E-state index contributed by atoms with van der Waals surface area (Å²) in [5.41, 5.74) is 0. The van der Waals surface area contributed by atoms with Crippen molar-refractivity contribution >= 4 is 16.0 Å². The van der Waals surface area contributed by atoms with E-state index in [4.69, 9.17) is 20.6 Å². The first-order valence-corrected chi connectivity index (χ1v) is 10.3. The van der Waals surface area contributed by atoms with E-state index < -0.39 is 10.2 Å². The Labute approximate surface area is 184 Å². The third-order valence-electron chi connectivity index (χ3n) is 3.60. The number of methoxy groups -OCH3 is 1. The second kappa shape index (κ2) is 10.4. The van der Waals surface area contributed by atoms with E-state index in [1.807, 2.05) is 4.89 Å². The summed E-state index contributed by atoms with van der Waals surface area (Å²) in [6.07, 6.45) is 8.26. The molecule has 0 aliphatic heterocycles. The lowest BCUT2D eigenvalue weighted by molar-refractivity contribution is 0.154. The molecule has 0 saturated carbocycles. The molecule has 32 heavy (non-hydrogen) atoms. The molecule has 0 amide bonds. The lowest BCUT2D eigenvalue weighted by Crippen LogP contribution is -2.29. The summed E-state index contributed by atoms with van der Waals surface area (Å²) in [6, 6.07) is 8.29. The average molecular weight is 458 g/mol. The molecular formula is C19H18N6O6S. The van der Waals surface area contributed by atoms with E-state index in [1.54, 1.807) is 30.3 Å². The van der Waals surface area contributed by atoms with Crippen LogP contribution in [-0.4, -0.2) is 49.2 Å². The molecule has 12 nitrogen and oxygen atoms in total. The van der Waals surface area contributed by atoms with Gasteiger partial charge in [-0.05, 0) is 18.2 Å².